The maximum atomic E-state index is 15.7. The third-order valence-electron chi connectivity index (χ3n) is 7.40. The molecule has 0 aliphatic carbocycles. The number of carbonyl (C=O) groups excluding carboxylic acids is 1. The summed E-state index contributed by atoms with van der Waals surface area (Å²) < 4.78 is 29.1. The number of aryl methyl sites for hydroxylation is 2. The van der Waals surface area contributed by atoms with Gasteiger partial charge in [0.15, 0.2) is 11.4 Å². The molecule has 1 fully saturated rings. The number of para-hydroxylation sites is 1. The molecular weight excluding hydrogens is 535 g/mol. The van der Waals surface area contributed by atoms with Crippen molar-refractivity contribution < 1.29 is 28.2 Å². The van der Waals surface area contributed by atoms with Gasteiger partial charge in [0.2, 0.25) is 11.8 Å². The van der Waals surface area contributed by atoms with Gasteiger partial charge in [0.05, 0.1) is 30.6 Å². The number of rotatable bonds is 8. The second-order valence-corrected chi connectivity index (χ2v) is 11.1. The summed E-state index contributed by atoms with van der Waals surface area (Å²) in [5, 5.41) is 10.7. The summed E-state index contributed by atoms with van der Waals surface area (Å²) in [7, 11) is 3.53. The van der Waals surface area contributed by atoms with Gasteiger partial charge in [-0.2, -0.15) is 0 Å². The fraction of sp³-hybridized carbons (Fsp3) is 0.310. The maximum absolute atomic E-state index is 15.7. The number of oxazole rings is 1. The first-order valence-corrected chi connectivity index (χ1v) is 13.7. The van der Waals surface area contributed by atoms with Crippen molar-refractivity contribution in [2.45, 2.75) is 37.8 Å². The Morgan fingerprint density at radius 3 is 2.88 bits per heavy atom. The van der Waals surface area contributed by atoms with Crippen LogP contribution in [0, 0.1) is 5.82 Å². The normalized spacial score (nSPS) is 17.3. The predicted octanol–water partition coefficient (Wildman–Crippen LogP) is 5.13. The first kappa shape index (κ1) is 26.1. The van der Waals surface area contributed by atoms with E-state index in [2.05, 4.69) is 9.97 Å². The summed E-state index contributed by atoms with van der Waals surface area (Å²) >= 11 is 1.40. The Labute approximate surface area is 232 Å². The molecule has 2 atom stereocenters. The van der Waals surface area contributed by atoms with Crippen LogP contribution in [0.5, 0.6) is 0 Å². The molecule has 5 aromatic rings. The number of likely N-dealkylation sites (tertiary alicyclic amines) is 1. The maximum Gasteiger partial charge on any atom is 0.303 e. The number of aliphatic carboxylic acids is 1. The van der Waals surface area contributed by atoms with Crippen molar-refractivity contribution in [3.05, 3.63) is 70.1 Å². The summed E-state index contributed by atoms with van der Waals surface area (Å²) in [6.45, 7) is 0.363. The Morgan fingerprint density at radius 1 is 1.25 bits per heavy atom. The van der Waals surface area contributed by atoms with Crippen molar-refractivity contribution >= 4 is 45.2 Å². The number of hydrogen-bond donors (Lipinski definition) is 1. The molecule has 0 bridgehead atoms. The van der Waals surface area contributed by atoms with E-state index in [-0.39, 0.29) is 42.0 Å². The number of carboxylic acids is 1. The van der Waals surface area contributed by atoms with Crippen LogP contribution in [-0.4, -0.2) is 56.2 Å². The molecule has 1 aliphatic heterocycles. The molecular formula is C29H27FN4O5S. The van der Waals surface area contributed by atoms with E-state index >= 15 is 4.39 Å². The standard InChI is InChI=1S/C29H27FN4O5S/c1-33-15-20(19-5-3-4-6-22(19)33)28-32-21-9-7-16(26(30)27(21)39-28)11-24(35)34-14-17(38-2)12-23(34)29-31-13-18(40-29)8-10-25(36)37/h3-7,9,13,15,17,23H,8,10-12,14H2,1-2H3,(H,36,37)/t17-,23-/m0/s1. The zero-order chi connectivity index (χ0) is 28.0. The van der Waals surface area contributed by atoms with Gasteiger partial charge in [0, 0.05) is 60.9 Å². The van der Waals surface area contributed by atoms with Gasteiger partial charge in [0.25, 0.3) is 0 Å². The third-order valence-corrected chi connectivity index (χ3v) is 8.56. The summed E-state index contributed by atoms with van der Waals surface area (Å²) in [5.41, 5.74) is 2.40. The Bertz CT molecular complexity index is 1740. The summed E-state index contributed by atoms with van der Waals surface area (Å²) in [5.74, 6) is -1.41. The first-order chi connectivity index (χ1) is 19.3. The highest BCUT2D eigenvalue weighted by molar-refractivity contribution is 7.11. The van der Waals surface area contributed by atoms with Crippen molar-refractivity contribution in [1.82, 2.24) is 19.4 Å². The van der Waals surface area contributed by atoms with Crippen LogP contribution < -0.4 is 0 Å². The van der Waals surface area contributed by atoms with Crippen molar-refractivity contribution in [1.29, 1.82) is 0 Å². The van der Waals surface area contributed by atoms with Crippen molar-refractivity contribution in [2.75, 3.05) is 13.7 Å². The summed E-state index contributed by atoms with van der Waals surface area (Å²) in [4.78, 5) is 36.0. The molecule has 206 valence electrons. The number of hydrogen-bond acceptors (Lipinski definition) is 7. The molecule has 1 saturated heterocycles. The predicted molar refractivity (Wildman–Crippen MR) is 148 cm³/mol. The average molecular weight is 563 g/mol. The number of thiazole rings is 1. The lowest BCUT2D eigenvalue weighted by Crippen LogP contribution is -2.33. The zero-order valence-electron chi connectivity index (χ0n) is 22.0. The van der Waals surface area contributed by atoms with Crippen LogP contribution in [0.4, 0.5) is 4.39 Å². The monoisotopic (exact) mass is 562 g/mol. The number of ether oxygens (including phenoxy) is 1. The highest BCUT2D eigenvalue weighted by atomic mass is 32.1. The van der Waals surface area contributed by atoms with Gasteiger partial charge in [-0.3, -0.25) is 9.59 Å². The van der Waals surface area contributed by atoms with Crippen LogP contribution in [0.3, 0.4) is 0 Å². The van der Waals surface area contributed by atoms with Crippen molar-refractivity contribution in [3.63, 3.8) is 0 Å². The second-order valence-electron chi connectivity index (χ2n) is 9.97. The highest BCUT2D eigenvalue weighted by Gasteiger charge is 2.38. The number of halogens is 1. The van der Waals surface area contributed by atoms with Crippen LogP contribution in [0.2, 0.25) is 0 Å². The lowest BCUT2D eigenvalue weighted by Gasteiger charge is -2.23. The highest BCUT2D eigenvalue weighted by Crippen LogP contribution is 2.37. The number of nitrogens with zero attached hydrogens (tertiary/aromatic N) is 4. The lowest BCUT2D eigenvalue weighted by molar-refractivity contribution is -0.137. The van der Waals surface area contributed by atoms with E-state index in [4.69, 9.17) is 14.3 Å². The second kappa shape index (κ2) is 10.5. The summed E-state index contributed by atoms with van der Waals surface area (Å²) in [6, 6.07) is 10.8. The van der Waals surface area contributed by atoms with Crippen LogP contribution >= 0.6 is 11.3 Å². The van der Waals surface area contributed by atoms with Gasteiger partial charge < -0.3 is 23.7 Å². The molecule has 1 N–H and O–H groups in total. The quantitative estimate of drug-likeness (QED) is 0.279. The minimum Gasteiger partial charge on any atom is -0.481 e. The SMILES string of the molecule is CO[C@H]1C[C@@H](c2ncc(CCC(=O)O)s2)N(C(=O)Cc2ccc3nc(-c4cn(C)c5ccccc45)oc3c2F)C1. The van der Waals surface area contributed by atoms with Crippen LogP contribution in [0.25, 0.3) is 33.5 Å². The first-order valence-electron chi connectivity index (χ1n) is 12.9. The van der Waals surface area contributed by atoms with E-state index in [0.29, 0.717) is 30.8 Å². The van der Waals surface area contributed by atoms with Gasteiger partial charge in [-0.25, -0.2) is 14.4 Å². The number of amides is 1. The molecule has 11 heteroatoms. The smallest absolute Gasteiger partial charge is 0.303 e. The Balaban J connectivity index is 1.26. The largest absolute Gasteiger partial charge is 0.481 e. The lowest BCUT2D eigenvalue weighted by atomic mass is 10.1. The number of carboxylic acid groups (broad SMARTS) is 1. The molecule has 4 heterocycles. The molecule has 0 spiro atoms. The minimum absolute atomic E-state index is 0.0151. The Kier molecular flexibility index (Phi) is 6.85. The van der Waals surface area contributed by atoms with Crippen molar-refractivity contribution in [3.8, 4) is 11.5 Å². The van der Waals surface area contributed by atoms with E-state index < -0.39 is 11.8 Å². The molecule has 9 nitrogen and oxygen atoms in total. The molecule has 0 radical (unpaired) electrons. The number of aromatic nitrogens is 3. The number of benzene rings is 2. The van der Waals surface area contributed by atoms with Crippen LogP contribution in [0.15, 0.2) is 53.2 Å². The van der Waals surface area contributed by atoms with Crippen LogP contribution in [-0.2, 0) is 34.2 Å². The molecule has 1 aliphatic rings. The number of carbonyl (C=O) groups is 2. The fourth-order valence-corrected chi connectivity index (χ4v) is 6.37. The van der Waals surface area contributed by atoms with Crippen LogP contribution in [0.1, 0.15) is 34.3 Å². The van der Waals surface area contributed by atoms with E-state index in [1.54, 1.807) is 30.3 Å². The summed E-state index contributed by atoms with van der Waals surface area (Å²) in [6.07, 6.45) is 4.19. The molecule has 40 heavy (non-hydrogen) atoms. The average Bonchev–Trinajstić information content (AvgIpc) is 3.74. The van der Waals surface area contributed by atoms with Gasteiger partial charge in [-0.1, -0.05) is 24.3 Å². The molecule has 2 aromatic carbocycles. The molecule has 6 rings (SSSR count). The zero-order valence-corrected chi connectivity index (χ0v) is 22.8. The molecule has 0 saturated carbocycles. The Morgan fingerprint density at radius 2 is 2.08 bits per heavy atom. The van der Waals surface area contributed by atoms with E-state index in [0.717, 1.165) is 26.4 Å². The van der Waals surface area contributed by atoms with E-state index in [1.165, 1.54) is 11.3 Å². The van der Waals surface area contributed by atoms with Gasteiger partial charge >= 0.3 is 5.97 Å². The van der Waals surface area contributed by atoms with E-state index in [9.17, 15) is 9.59 Å². The van der Waals surface area contributed by atoms with Gasteiger partial charge in [-0.05, 0) is 18.6 Å². The number of methoxy groups -OCH3 is 1. The minimum atomic E-state index is -0.873. The Hall–Kier alpha value is -4.09. The van der Waals surface area contributed by atoms with Gasteiger partial charge in [0.1, 0.15) is 10.5 Å². The third kappa shape index (κ3) is 4.75. The fourth-order valence-electron chi connectivity index (χ4n) is 5.33. The van der Waals surface area contributed by atoms with E-state index in [1.807, 2.05) is 42.1 Å². The van der Waals surface area contributed by atoms with Crippen molar-refractivity contribution in [2.24, 2.45) is 7.05 Å². The molecule has 0 unspecified atom stereocenters. The van der Waals surface area contributed by atoms with Gasteiger partial charge in [-0.15, -0.1) is 11.3 Å². The molecule has 3 aromatic heterocycles. The number of fused-ring (bicyclic) bond motifs is 2. The molecule has 1 amide bonds. The topological polar surface area (TPSA) is 111 Å².